The van der Waals surface area contributed by atoms with Crippen LogP contribution in [0.1, 0.15) is 32.8 Å². The number of aliphatic hydroxyl groups is 2. The van der Waals surface area contributed by atoms with Crippen LogP contribution in [0.3, 0.4) is 0 Å². The van der Waals surface area contributed by atoms with Gasteiger partial charge in [-0.25, -0.2) is 0 Å². The highest BCUT2D eigenvalue weighted by Gasteiger charge is 2.24. The van der Waals surface area contributed by atoms with E-state index in [1.807, 2.05) is 6.92 Å². The van der Waals surface area contributed by atoms with Gasteiger partial charge in [-0.3, -0.25) is 4.79 Å². The molecule has 136 valence electrons. The van der Waals surface area contributed by atoms with Gasteiger partial charge in [0.2, 0.25) is 0 Å². The molecule has 0 aliphatic heterocycles. The van der Waals surface area contributed by atoms with Crippen molar-refractivity contribution < 1.29 is 24.5 Å². The Balaban J connectivity index is 2.23. The van der Waals surface area contributed by atoms with E-state index in [1.54, 1.807) is 12.1 Å². The van der Waals surface area contributed by atoms with E-state index >= 15 is 0 Å². The average molecular weight is 484 g/mol. The van der Waals surface area contributed by atoms with E-state index in [1.165, 1.54) is 12.1 Å². The maximum atomic E-state index is 13.2. The predicted molar refractivity (Wildman–Crippen MR) is 105 cm³/mol. The third-order valence-electron chi connectivity index (χ3n) is 4.24. The summed E-state index contributed by atoms with van der Waals surface area (Å²) in [6.45, 7) is 1.39. The Bertz CT molecular complexity index is 984. The Morgan fingerprint density at radius 3 is 2.35 bits per heavy atom. The zero-order valence-electron chi connectivity index (χ0n) is 13.8. The first kappa shape index (κ1) is 19.1. The second-order valence-electron chi connectivity index (χ2n) is 5.90. The second-order valence-corrected chi connectivity index (χ2v) is 7.61. The van der Waals surface area contributed by atoms with Crippen LogP contribution in [0, 0.1) is 6.92 Å². The molecule has 0 aliphatic rings. The largest absolute Gasteiger partial charge is 0.508 e. The topological polar surface area (TPSA) is 90.9 Å². The first-order chi connectivity index (χ1) is 12.4. The Kier molecular flexibility index (Phi) is 5.53. The summed E-state index contributed by atoms with van der Waals surface area (Å²) in [5.41, 5.74) is 2.41. The number of carbonyl (C=O) groups excluding carboxylic acids is 1. The molecule has 7 heteroatoms. The maximum absolute atomic E-state index is 13.2. The molecule has 1 aromatic heterocycles. The summed E-state index contributed by atoms with van der Waals surface area (Å²) < 4.78 is 7.32. The highest BCUT2D eigenvalue weighted by molar-refractivity contribution is 9.11. The lowest BCUT2D eigenvalue weighted by molar-refractivity contribution is 0.103. The number of halogens is 2. The first-order valence-electron chi connectivity index (χ1n) is 7.86. The van der Waals surface area contributed by atoms with Crippen LogP contribution in [0.2, 0.25) is 0 Å². The maximum Gasteiger partial charge on any atom is 0.197 e. The summed E-state index contributed by atoms with van der Waals surface area (Å²) in [6.07, 6.45) is 0.166. The van der Waals surface area contributed by atoms with Gasteiger partial charge in [-0.1, -0.05) is 31.9 Å². The zero-order valence-corrected chi connectivity index (χ0v) is 17.0. The number of phenols is 1. The fraction of sp³-hybridized carbons (Fsp3) is 0.211. The SMILES string of the molecule is Cc1c(Br)cc(C(=O)c2c(CCO)oc3cc(CO)c(O)cc23)cc1Br. The van der Waals surface area contributed by atoms with Crippen LogP contribution in [-0.4, -0.2) is 27.7 Å². The molecule has 3 aromatic rings. The Morgan fingerprint density at radius 2 is 1.77 bits per heavy atom. The highest BCUT2D eigenvalue weighted by atomic mass is 79.9. The molecule has 0 bridgehead atoms. The molecule has 0 atom stereocenters. The molecule has 0 unspecified atom stereocenters. The lowest BCUT2D eigenvalue weighted by atomic mass is 9.97. The van der Waals surface area contributed by atoms with Crippen molar-refractivity contribution in [2.45, 2.75) is 20.0 Å². The molecule has 0 saturated carbocycles. The number of ketones is 1. The van der Waals surface area contributed by atoms with Crippen molar-refractivity contribution in [1.29, 1.82) is 0 Å². The molecule has 1 heterocycles. The number of aliphatic hydroxyl groups excluding tert-OH is 2. The fourth-order valence-electron chi connectivity index (χ4n) is 2.80. The molecule has 3 N–H and O–H groups in total. The predicted octanol–water partition coefficient (Wildman–Crippen LogP) is 4.23. The minimum atomic E-state index is -0.348. The van der Waals surface area contributed by atoms with Gasteiger partial charge in [-0.15, -0.1) is 0 Å². The quantitative estimate of drug-likeness (QED) is 0.472. The molecule has 0 amide bonds. The number of hydrogen-bond acceptors (Lipinski definition) is 5. The van der Waals surface area contributed by atoms with Crippen molar-refractivity contribution in [2.75, 3.05) is 6.61 Å². The summed E-state index contributed by atoms with van der Waals surface area (Å²) in [6, 6.07) is 6.37. The summed E-state index contributed by atoms with van der Waals surface area (Å²) >= 11 is 6.89. The van der Waals surface area contributed by atoms with Gasteiger partial charge in [0, 0.05) is 31.9 Å². The molecule has 0 saturated heterocycles. The lowest BCUT2D eigenvalue weighted by Gasteiger charge is -2.07. The number of carbonyl (C=O) groups is 1. The van der Waals surface area contributed by atoms with Gasteiger partial charge in [0.25, 0.3) is 0 Å². The van der Waals surface area contributed by atoms with E-state index in [9.17, 15) is 20.1 Å². The van der Waals surface area contributed by atoms with E-state index in [2.05, 4.69) is 31.9 Å². The number of hydrogen-bond donors (Lipinski definition) is 3. The van der Waals surface area contributed by atoms with Crippen molar-refractivity contribution >= 4 is 48.6 Å². The first-order valence-corrected chi connectivity index (χ1v) is 9.45. The number of fused-ring (bicyclic) bond motifs is 1. The van der Waals surface area contributed by atoms with E-state index in [0.29, 0.717) is 33.4 Å². The molecular formula is C19H16Br2O5. The minimum Gasteiger partial charge on any atom is -0.508 e. The second kappa shape index (κ2) is 7.52. The van der Waals surface area contributed by atoms with Gasteiger partial charge in [0.05, 0.1) is 18.8 Å². The van der Waals surface area contributed by atoms with Crippen molar-refractivity contribution in [3.05, 3.63) is 61.2 Å². The molecule has 0 spiro atoms. The van der Waals surface area contributed by atoms with E-state index in [-0.39, 0.29) is 31.2 Å². The lowest BCUT2D eigenvalue weighted by Crippen LogP contribution is -2.06. The van der Waals surface area contributed by atoms with Gasteiger partial charge in [0.15, 0.2) is 5.78 Å². The van der Waals surface area contributed by atoms with E-state index in [0.717, 1.165) is 14.5 Å². The number of aromatic hydroxyl groups is 1. The van der Waals surface area contributed by atoms with Gasteiger partial charge < -0.3 is 19.7 Å². The van der Waals surface area contributed by atoms with Gasteiger partial charge in [0.1, 0.15) is 17.1 Å². The summed E-state index contributed by atoms with van der Waals surface area (Å²) in [5, 5.41) is 29.2. The molecule has 0 radical (unpaired) electrons. The summed E-state index contributed by atoms with van der Waals surface area (Å²) in [4.78, 5) is 13.2. The number of furan rings is 1. The van der Waals surface area contributed by atoms with Crippen LogP contribution < -0.4 is 0 Å². The summed E-state index contributed by atoms with van der Waals surface area (Å²) in [5.74, 6) is -0.0452. The molecule has 0 fully saturated rings. The molecule has 26 heavy (non-hydrogen) atoms. The van der Waals surface area contributed by atoms with Crippen LogP contribution in [0.4, 0.5) is 0 Å². The Hall–Kier alpha value is -1.67. The third-order valence-corrected chi connectivity index (χ3v) is 5.89. The van der Waals surface area contributed by atoms with Crippen LogP contribution >= 0.6 is 31.9 Å². The molecule has 0 aliphatic carbocycles. The fourth-order valence-corrected chi connectivity index (χ4v) is 3.98. The zero-order chi connectivity index (χ0) is 19.0. The van der Waals surface area contributed by atoms with Gasteiger partial charge >= 0.3 is 0 Å². The minimum absolute atomic E-state index is 0.114. The third kappa shape index (κ3) is 3.32. The highest BCUT2D eigenvalue weighted by Crippen LogP contribution is 2.35. The normalized spacial score (nSPS) is 11.3. The molecule has 2 aromatic carbocycles. The molecule has 5 nitrogen and oxygen atoms in total. The van der Waals surface area contributed by atoms with Crippen molar-refractivity contribution in [3.8, 4) is 5.75 Å². The van der Waals surface area contributed by atoms with Crippen LogP contribution in [0.25, 0.3) is 11.0 Å². The van der Waals surface area contributed by atoms with Crippen LogP contribution in [0.5, 0.6) is 5.75 Å². The monoisotopic (exact) mass is 482 g/mol. The Labute approximate surface area is 166 Å². The standard InChI is InChI=1S/C19H16Br2O5/c1-9-13(20)4-10(5-14(9)21)19(25)18-12-7-15(24)11(8-23)6-17(12)26-16(18)2-3-22/h4-7,22-24H,2-3,8H2,1H3. The van der Waals surface area contributed by atoms with Crippen molar-refractivity contribution in [1.82, 2.24) is 0 Å². The Morgan fingerprint density at radius 1 is 1.12 bits per heavy atom. The smallest absolute Gasteiger partial charge is 0.197 e. The van der Waals surface area contributed by atoms with E-state index in [4.69, 9.17) is 4.42 Å². The molecular weight excluding hydrogens is 468 g/mol. The molecule has 3 rings (SSSR count). The van der Waals surface area contributed by atoms with E-state index < -0.39 is 0 Å². The van der Waals surface area contributed by atoms with Gasteiger partial charge in [-0.2, -0.15) is 0 Å². The van der Waals surface area contributed by atoms with Crippen LogP contribution in [-0.2, 0) is 13.0 Å². The van der Waals surface area contributed by atoms with Crippen molar-refractivity contribution in [2.24, 2.45) is 0 Å². The van der Waals surface area contributed by atoms with Gasteiger partial charge in [-0.05, 0) is 36.8 Å². The average Bonchev–Trinajstić information content (AvgIpc) is 2.94. The summed E-state index contributed by atoms with van der Waals surface area (Å²) in [7, 11) is 0. The van der Waals surface area contributed by atoms with Crippen molar-refractivity contribution in [3.63, 3.8) is 0 Å². The number of benzene rings is 2. The van der Waals surface area contributed by atoms with Crippen LogP contribution in [0.15, 0.2) is 37.6 Å². The number of rotatable bonds is 5.